The molecule has 1 heterocycles. The van der Waals surface area contributed by atoms with Gasteiger partial charge < -0.3 is 42.1 Å². The minimum atomic E-state index is -0.936. The summed E-state index contributed by atoms with van der Waals surface area (Å²) in [6, 6.07) is 9.96. The van der Waals surface area contributed by atoms with Crippen LogP contribution in [0.5, 0.6) is 0 Å². The van der Waals surface area contributed by atoms with Crippen molar-refractivity contribution in [2.24, 2.45) is 22.7 Å². The van der Waals surface area contributed by atoms with Crippen LogP contribution >= 0.6 is 24.8 Å². The summed E-state index contributed by atoms with van der Waals surface area (Å²) < 4.78 is 0. The van der Waals surface area contributed by atoms with Crippen molar-refractivity contribution in [3.05, 3.63) is 70.8 Å². The maximum atomic E-state index is 14.6. The van der Waals surface area contributed by atoms with Crippen molar-refractivity contribution in [1.29, 1.82) is 0 Å². The number of unbranched alkanes of at least 4 members (excludes halogenated alkanes) is 2. The molecule has 16 nitrogen and oxygen atoms in total. The fraction of sp³-hybridized carbons (Fsp3) is 0.643. The summed E-state index contributed by atoms with van der Waals surface area (Å²) >= 11 is 0. The standard InChI is InChI=1S/C56H86N8O8.2ClH/c1-33(2)34(3)59-51(69)43(61-53(71)47(55(6,7)8)62-49(67)35(4)57-12)24-15-14-16-25-45(65)40-22-19-23-41(30-40)46(66)29-37-28-44(52(70)60-42-27-26-38-20-17-18-21-39(38)31-42)64(32-37)54(72)48(56(9,10)11)63-50(68)36(5)58-13;;/h17-23,30,33-37,42-44,47-48,57-58H,14-16,24-29,31-32H2,1-13H3,(H,59,69)(H,60,70)(H,61,71)(H,62,67)(H,63,68);2*1H/t34-,35-,36-,37+,42+,43-,44?,47+,48+;;/m0../s1. The van der Waals surface area contributed by atoms with Gasteiger partial charge in [0.2, 0.25) is 35.4 Å². The Labute approximate surface area is 453 Å². The van der Waals surface area contributed by atoms with Gasteiger partial charge in [-0.3, -0.25) is 38.4 Å². The molecule has 0 aromatic heterocycles. The molecule has 4 rings (SSSR count). The normalized spacial score (nSPS) is 18.9. The second-order valence-electron chi connectivity index (χ2n) is 22.8. The van der Waals surface area contributed by atoms with Gasteiger partial charge >= 0.3 is 0 Å². The Morgan fingerprint density at radius 3 is 1.78 bits per heavy atom. The van der Waals surface area contributed by atoms with Crippen LogP contribution in [0.1, 0.15) is 159 Å². The molecule has 1 fully saturated rings. The average molecular weight is 1070 g/mol. The monoisotopic (exact) mass is 1070 g/mol. The number of fused-ring (bicyclic) bond motifs is 1. The van der Waals surface area contributed by atoms with Gasteiger partial charge in [-0.1, -0.05) is 111 Å². The van der Waals surface area contributed by atoms with Crippen LogP contribution in [-0.2, 0) is 41.6 Å². The number of nitrogens with one attached hydrogen (secondary N) is 7. The molecule has 2 aromatic rings. The number of likely N-dealkylation sites (N-methyl/N-ethyl adjacent to an activating group) is 2. The van der Waals surface area contributed by atoms with Crippen molar-refractivity contribution in [2.45, 2.75) is 189 Å². The summed E-state index contributed by atoms with van der Waals surface area (Å²) in [6.07, 6.45) is 4.74. The highest BCUT2D eigenvalue weighted by Crippen LogP contribution is 2.32. The Kier molecular flexibility index (Phi) is 25.9. The maximum absolute atomic E-state index is 14.6. The molecule has 1 aliphatic heterocycles. The third-order valence-electron chi connectivity index (χ3n) is 14.5. The molecule has 2 aliphatic rings. The van der Waals surface area contributed by atoms with Crippen LogP contribution in [0.2, 0.25) is 0 Å². The van der Waals surface area contributed by atoms with E-state index < -0.39 is 53.0 Å². The minimum absolute atomic E-state index is 0. The third kappa shape index (κ3) is 18.7. The highest BCUT2D eigenvalue weighted by Gasteiger charge is 2.46. The Hall–Kier alpha value is -4.90. The minimum Gasteiger partial charge on any atom is -0.352 e. The van der Waals surface area contributed by atoms with Gasteiger partial charge in [-0.2, -0.15) is 0 Å². The second kappa shape index (κ2) is 29.4. The molecule has 414 valence electrons. The van der Waals surface area contributed by atoms with E-state index in [9.17, 15) is 38.4 Å². The highest BCUT2D eigenvalue weighted by molar-refractivity contribution is 6.02. The van der Waals surface area contributed by atoms with Gasteiger partial charge in [0, 0.05) is 42.6 Å². The fourth-order valence-corrected chi connectivity index (χ4v) is 9.18. The van der Waals surface area contributed by atoms with E-state index in [1.54, 1.807) is 57.1 Å². The number of rotatable bonds is 24. The van der Waals surface area contributed by atoms with E-state index in [0.717, 1.165) is 12.8 Å². The van der Waals surface area contributed by atoms with Crippen molar-refractivity contribution in [2.75, 3.05) is 20.6 Å². The van der Waals surface area contributed by atoms with Crippen LogP contribution in [0.3, 0.4) is 0 Å². The van der Waals surface area contributed by atoms with E-state index in [2.05, 4.69) is 49.4 Å². The van der Waals surface area contributed by atoms with E-state index in [0.29, 0.717) is 43.2 Å². The zero-order chi connectivity index (χ0) is 53.7. The zero-order valence-electron chi connectivity index (χ0n) is 46.2. The molecule has 0 bridgehead atoms. The van der Waals surface area contributed by atoms with E-state index in [1.807, 2.05) is 74.4 Å². The van der Waals surface area contributed by atoms with Crippen molar-refractivity contribution < 1.29 is 38.4 Å². The predicted octanol–water partition coefficient (Wildman–Crippen LogP) is 6.05. The lowest BCUT2D eigenvalue weighted by atomic mass is 9.85. The number of hydrogen-bond donors (Lipinski definition) is 7. The molecular formula is C56H88Cl2N8O8. The van der Waals surface area contributed by atoms with Crippen LogP contribution < -0.4 is 37.2 Å². The number of nitrogens with zero attached hydrogens (tertiary/aromatic N) is 1. The molecule has 0 spiro atoms. The molecular weight excluding hydrogens is 984 g/mol. The van der Waals surface area contributed by atoms with E-state index in [-0.39, 0.29) is 116 Å². The quantitative estimate of drug-likeness (QED) is 0.0476. The van der Waals surface area contributed by atoms with E-state index in [4.69, 9.17) is 0 Å². The highest BCUT2D eigenvalue weighted by atomic mass is 35.5. The second-order valence-corrected chi connectivity index (χ2v) is 22.8. The van der Waals surface area contributed by atoms with Crippen LogP contribution in [0.4, 0.5) is 0 Å². The first-order chi connectivity index (χ1) is 33.7. The molecule has 74 heavy (non-hydrogen) atoms. The van der Waals surface area contributed by atoms with Crippen molar-refractivity contribution in [3.8, 4) is 0 Å². The Balaban J connectivity index is 0.00000937. The Morgan fingerprint density at radius 2 is 1.22 bits per heavy atom. The largest absolute Gasteiger partial charge is 0.352 e. The number of carbonyl (C=O) groups excluding carboxylic acids is 8. The van der Waals surface area contributed by atoms with Crippen molar-refractivity contribution in [3.63, 3.8) is 0 Å². The van der Waals surface area contributed by atoms with Gasteiger partial charge in [-0.05, 0) is 113 Å². The number of aryl methyl sites for hydroxylation is 1. The number of amides is 6. The van der Waals surface area contributed by atoms with Gasteiger partial charge in [-0.15, -0.1) is 24.8 Å². The lowest BCUT2D eigenvalue weighted by Crippen LogP contribution is -2.60. The molecule has 1 saturated heterocycles. The maximum Gasteiger partial charge on any atom is 0.246 e. The van der Waals surface area contributed by atoms with Crippen LogP contribution in [0.25, 0.3) is 0 Å². The van der Waals surface area contributed by atoms with Crippen LogP contribution in [0.15, 0.2) is 48.5 Å². The van der Waals surface area contributed by atoms with Crippen molar-refractivity contribution >= 4 is 71.8 Å². The Morgan fingerprint density at radius 1 is 0.649 bits per heavy atom. The number of Topliss-reactive ketones (excluding diaryl/α,β-unsaturated/α-hetero) is 2. The first kappa shape index (κ1) is 65.2. The molecule has 1 aliphatic carbocycles. The SMILES string of the molecule is CN[C@@H](C)C(=O)N[C@H](C(=O)N[C@@H](CCCCCC(=O)c1cccc(C(=O)C[C@H]2CC(C(=O)N[C@@H]3CCc4ccccc4C3)N(C(=O)[C@@H](NC(=O)[C@H](C)NC)C(C)(C)C)C2)c1)C(=O)N[C@@H](C)C(C)C)C(C)(C)C.Cl.Cl. The summed E-state index contributed by atoms with van der Waals surface area (Å²) in [5, 5.41) is 20.7. The molecule has 1 unspecified atom stereocenters. The van der Waals surface area contributed by atoms with Gasteiger partial charge in [0.1, 0.15) is 24.2 Å². The molecule has 0 radical (unpaired) electrons. The summed E-state index contributed by atoms with van der Waals surface area (Å²) in [4.78, 5) is 111. The van der Waals surface area contributed by atoms with Crippen LogP contribution in [0, 0.1) is 22.7 Å². The molecule has 18 heteroatoms. The van der Waals surface area contributed by atoms with Gasteiger partial charge in [-0.25, -0.2) is 0 Å². The van der Waals surface area contributed by atoms with Gasteiger partial charge in [0.25, 0.3) is 0 Å². The smallest absolute Gasteiger partial charge is 0.246 e. The summed E-state index contributed by atoms with van der Waals surface area (Å²) in [7, 11) is 3.33. The number of halogens is 2. The van der Waals surface area contributed by atoms with E-state index in [1.165, 1.54) is 11.1 Å². The molecule has 2 aromatic carbocycles. The van der Waals surface area contributed by atoms with Gasteiger partial charge in [0.05, 0.1) is 12.1 Å². The Bertz CT molecular complexity index is 2250. The number of benzene rings is 2. The third-order valence-corrected chi connectivity index (χ3v) is 14.5. The first-order valence-corrected chi connectivity index (χ1v) is 26.2. The van der Waals surface area contributed by atoms with Crippen LogP contribution in [-0.4, -0.2) is 121 Å². The van der Waals surface area contributed by atoms with E-state index >= 15 is 0 Å². The summed E-state index contributed by atoms with van der Waals surface area (Å²) in [5.41, 5.74) is 1.86. The number of carbonyl (C=O) groups is 8. The average Bonchev–Trinajstić information content (AvgIpc) is 3.76. The van der Waals surface area contributed by atoms with Gasteiger partial charge in [0.15, 0.2) is 11.6 Å². The lowest BCUT2D eigenvalue weighted by Gasteiger charge is -2.36. The molecule has 9 atom stereocenters. The molecule has 0 saturated carbocycles. The number of likely N-dealkylation sites (tertiary alicyclic amines) is 1. The first-order valence-electron chi connectivity index (χ1n) is 26.2. The molecule has 7 N–H and O–H groups in total. The predicted molar refractivity (Wildman–Crippen MR) is 295 cm³/mol. The summed E-state index contributed by atoms with van der Waals surface area (Å²) in [6.45, 7) is 20.6. The zero-order valence-corrected chi connectivity index (χ0v) is 47.8. The summed E-state index contributed by atoms with van der Waals surface area (Å²) in [5.74, 6) is -2.65. The van der Waals surface area contributed by atoms with Crippen molar-refractivity contribution in [1.82, 2.24) is 42.1 Å². The fourth-order valence-electron chi connectivity index (χ4n) is 9.18. The lowest BCUT2D eigenvalue weighted by molar-refractivity contribution is -0.144. The number of hydrogen-bond acceptors (Lipinski definition) is 10. The number of ketones is 2. The molecule has 6 amide bonds. The topological polar surface area (TPSA) is 224 Å².